The second kappa shape index (κ2) is 10.3. The molecular formula is C24H28N4O2S. The van der Waals surface area contributed by atoms with Crippen LogP contribution in [0.2, 0.25) is 0 Å². The molecule has 31 heavy (non-hydrogen) atoms. The van der Waals surface area contributed by atoms with Crippen LogP contribution in [-0.4, -0.2) is 41.8 Å². The highest BCUT2D eigenvalue weighted by atomic mass is 32.1. The number of carbonyl (C=O) groups is 2. The predicted octanol–water partition coefficient (Wildman–Crippen LogP) is 4.17. The fourth-order valence-electron chi connectivity index (χ4n) is 3.37. The summed E-state index contributed by atoms with van der Waals surface area (Å²) in [4.78, 5) is 31.8. The highest BCUT2D eigenvalue weighted by Crippen LogP contribution is 2.22. The molecule has 0 aliphatic heterocycles. The summed E-state index contributed by atoms with van der Waals surface area (Å²) in [5, 5.41) is 6.34. The first-order chi connectivity index (χ1) is 14.8. The normalized spacial score (nSPS) is 10.9. The first kappa shape index (κ1) is 22.7. The fourth-order valence-corrected chi connectivity index (χ4v) is 4.23. The Hall–Kier alpha value is -3.03. The number of hydrogen-bond acceptors (Lipinski definition) is 5. The molecule has 3 rings (SSSR count). The number of aryl methyl sites for hydroxylation is 3. The molecule has 7 heteroatoms. The van der Waals surface area contributed by atoms with Crippen molar-refractivity contribution in [1.82, 2.24) is 9.88 Å². The number of benzene rings is 2. The molecule has 0 aliphatic carbocycles. The highest BCUT2D eigenvalue weighted by molar-refractivity contribution is 7.15. The van der Waals surface area contributed by atoms with Gasteiger partial charge in [-0.25, -0.2) is 4.98 Å². The van der Waals surface area contributed by atoms with Crippen molar-refractivity contribution in [2.45, 2.75) is 27.2 Å². The molecule has 0 bridgehead atoms. The quantitative estimate of drug-likeness (QED) is 0.556. The van der Waals surface area contributed by atoms with E-state index in [0.29, 0.717) is 5.13 Å². The second-order valence-electron chi connectivity index (χ2n) is 7.83. The van der Waals surface area contributed by atoms with Gasteiger partial charge in [0, 0.05) is 23.2 Å². The SMILES string of the molecule is Cc1cccc(Cc2cnc(NC(=O)CN(C)CC(=O)Nc3c(C)cccc3C)s2)c1. The summed E-state index contributed by atoms with van der Waals surface area (Å²) < 4.78 is 0. The molecule has 1 heterocycles. The minimum atomic E-state index is -0.196. The zero-order valence-electron chi connectivity index (χ0n) is 18.4. The van der Waals surface area contributed by atoms with E-state index in [1.165, 1.54) is 22.5 Å². The molecule has 0 unspecified atom stereocenters. The van der Waals surface area contributed by atoms with E-state index in [2.05, 4.69) is 40.7 Å². The topological polar surface area (TPSA) is 74.3 Å². The van der Waals surface area contributed by atoms with Crippen LogP contribution in [0.25, 0.3) is 0 Å². The molecule has 1 aromatic heterocycles. The van der Waals surface area contributed by atoms with Gasteiger partial charge >= 0.3 is 0 Å². The molecule has 0 saturated carbocycles. The van der Waals surface area contributed by atoms with E-state index in [1.54, 1.807) is 18.1 Å². The van der Waals surface area contributed by atoms with Gasteiger partial charge in [-0.05, 0) is 44.5 Å². The molecule has 0 aliphatic rings. The Balaban J connectivity index is 1.48. The maximum absolute atomic E-state index is 12.4. The van der Waals surface area contributed by atoms with Crippen molar-refractivity contribution in [3.63, 3.8) is 0 Å². The van der Waals surface area contributed by atoms with Gasteiger partial charge in [0.2, 0.25) is 11.8 Å². The molecule has 162 valence electrons. The van der Waals surface area contributed by atoms with Crippen molar-refractivity contribution in [3.8, 4) is 0 Å². The zero-order valence-corrected chi connectivity index (χ0v) is 19.2. The van der Waals surface area contributed by atoms with Crippen LogP contribution in [0.4, 0.5) is 10.8 Å². The molecule has 0 spiro atoms. The number of para-hydroxylation sites is 1. The van der Waals surface area contributed by atoms with Gasteiger partial charge in [-0.2, -0.15) is 0 Å². The summed E-state index contributed by atoms with van der Waals surface area (Å²) in [7, 11) is 1.74. The van der Waals surface area contributed by atoms with Gasteiger partial charge in [-0.1, -0.05) is 48.0 Å². The van der Waals surface area contributed by atoms with Gasteiger partial charge < -0.3 is 10.6 Å². The van der Waals surface area contributed by atoms with Crippen LogP contribution in [0, 0.1) is 20.8 Å². The molecule has 3 aromatic rings. The lowest BCUT2D eigenvalue weighted by atomic mass is 10.1. The third-order valence-electron chi connectivity index (χ3n) is 4.83. The van der Waals surface area contributed by atoms with Gasteiger partial charge in [-0.3, -0.25) is 14.5 Å². The average molecular weight is 437 g/mol. The number of rotatable bonds is 8. The van der Waals surface area contributed by atoms with Crippen LogP contribution in [0.3, 0.4) is 0 Å². The van der Waals surface area contributed by atoms with E-state index in [1.807, 2.05) is 38.1 Å². The number of anilines is 2. The van der Waals surface area contributed by atoms with Gasteiger partial charge in [0.15, 0.2) is 5.13 Å². The summed E-state index contributed by atoms with van der Waals surface area (Å²) in [5.74, 6) is -0.346. The molecular weight excluding hydrogens is 408 g/mol. The molecule has 0 radical (unpaired) electrons. The molecule has 0 saturated heterocycles. The number of aromatic nitrogens is 1. The van der Waals surface area contributed by atoms with Crippen LogP contribution in [0.5, 0.6) is 0 Å². The predicted molar refractivity (Wildman–Crippen MR) is 127 cm³/mol. The summed E-state index contributed by atoms with van der Waals surface area (Å²) >= 11 is 1.47. The third-order valence-corrected chi connectivity index (χ3v) is 5.75. The smallest absolute Gasteiger partial charge is 0.240 e. The molecule has 2 amide bonds. The molecule has 0 atom stereocenters. The Bertz CT molecular complexity index is 1060. The zero-order chi connectivity index (χ0) is 22.4. The lowest BCUT2D eigenvalue weighted by Crippen LogP contribution is -2.36. The van der Waals surface area contributed by atoms with Crippen LogP contribution in [-0.2, 0) is 16.0 Å². The first-order valence-corrected chi connectivity index (χ1v) is 11.0. The second-order valence-corrected chi connectivity index (χ2v) is 8.95. The Morgan fingerprint density at radius 1 is 0.968 bits per heavy atom. The van der Waals surface area contributed by atoms with E-state index in [0.717, 1.165) is 28.1 Å². The standard InChI is InChI=1S/C24H28N4O2S/c1-16-7-5-10-19(11-16)12-20-13-25-24(31-20)27-22(30)15-28(4)14-21(29)26-23-17(2)8-6-9-18(23)3/h5-11,13H,12,14-15H2,1-4H3,(H,26,29)(H,25,27,30). The number of hydrogen-bond donors (Lipinski definition) is 2. The Morgan fingerprint density at radius 3 is 2.29 bits per heavy atom. The molecule has 2 aromatic carbocycles. The van der Waals surface area contributed by atoms with Crippen LogP contribution < -0.4 is 10.6 Å². The number of nitrogens with one attached hydrogen (secondary N) is 2. The highest BCUT2D eigenvalue weighted by Gasteiger charge is 2.14. The van der Waals surface area contributed by atoms with Gasteiger partial charge in [0.1, 0.15) is 0 Å². The Kier molecular flexibility index (Phi) is 7.55. The fraction of sp³-hybridized carbons (Fsp3) is 0.292. The summed E-state index contributed by atoms with van der Waals surface area (Å²) in [5.41, 5.74) is 5.30. The van der Waals surface area contributed by atoms with Gasteiger partial charge in [0.25, 0.3) is 0 Å². The van der Waals surface area contributed by atoms with E-state index < -0.39 is 0 Å². The summed E-state index contributed by atoms with van der Waals surface area (Å²) in [6.45, 7) is 6.22. The van der Waals surface area contributed by atoms with Crippen LogP contribution in [0.1, 0.15) is 27.1 Å². The maximum atomic E-state index is 12.4. The number of carbonyl (C=O) groups excluding carboxylic acids is 2. The number of thiazole rings is 1. The van der Waals surface area contributed by atoms with Crippen molar-refractivity contribution >= 4 is 34.0 Å². The van der Waals surface area contributed by atoms with Crippen LogP contribution >= 0.6 is 11.3 Å². The average Bonchev–Trinajstić information content (AvgIpc) is 3.11. The van der Waals surface area contributed by atoms with E-state index in [-0.39, 0.29) is 24.9 Å². The summed E-state index contributed by atoms with van der Waals surface area (Å²) in [6.07, 6.45) is 2.58. The van der Waals surface area contributed by atoms with Gasteiger partial charge in [0.05, 0.1) is 13.1 Å². The van der Waals surface area contributed by atoms with Crippen molar-refractivity contribution < 1.29 is 9.59 Å². The molecule has 6 nitrogen and oxygen atoms in total. The number of likely N-dealkylation sites (N-methyl/N-ethyl adjacent to an activating group) is 1. The van der Waals surface area contributed by atoms with Crippen LogP contribution in [0.15, 0.2) is 48.7 Å². The van der Waals surface area contributed by atoms with E-state index >= 15 is 0 Å². The van der Waals surface area contributed by atoms with E-state index in [4.69, 9.17) is 0 Å². The first-order valence-electron chi connectivity index (χ1n) is 10.1. The molecule has 0 fully saturated rings. The third kappa shape index (κ3) is 6.73. The summed E-state index contributed by atoms with van der Waals surface area (Å²) in [6, 6.07) is 14.2. The number of nitrogens with zero attached hydrogens (tertiary/aromatic N) is 2. The number of amides is 2. The lowest BCUT2D eigenvalue weighted by Gasteiger charge is -2.17. The van der Waals surface area contributed by atoms with Crippen molar-refractivity contribution in [2.24, 2.45) is 0 Å². The minimum Gasteiger partial charge on any atom is -0.324 e. The maximum Gasteiger partial charge on any atom is 0.240 e. The largest absolute Gasteiger partial charge is 0.324 e. The monoisotopic (exact) mass is 436 g/mol. The van der Waals surface area contributed by atoms with Crippen molar-refractivity contribution in [1.29, 1.82) is 0 Å². The van der Waals surface area contributed by atoms with Crippen molar-refractivity contribution in [2.75, 3.05) is 30.8 Å². The Morgan fingerprint density at radius 2 is 1.61 bits per heavy atom. The minimum absolute atomic E-state index is 0.104. The van der Waals surface area contributed by atoms with Gasteiger partial charge in [-0.15, -0.1) is 11.3 Å². The van der Waals surface area contributed by atoms with E-state index in [9.17, 15) is 9.59 Å². The molecule has 2 N–H and O–H groups in total. The lowest BCUT2D eigenvalue weighted by molar-refractivity contribution is -0.119. The Labute approximate surface area is 187 Å². The van der Waals surface area contributed by atoms with Crippen molar-refractivity contribution in [3.05, 3.63) is 75.8 Å².